The molecule has 0 saturated carbocycles. The van der Waals surface area contributed by atoms with Gasteiger partial charge in [0.1, 0.15) is 0 Å². The van der Waals surface area contributed by atoms with Crippen LogP contribution in [-0.4, -0.2) is 26.2 Å². The third kappa shape index (κ3) is 3.47. The molecule has 1 aliphatic heterocycles. The van der Waals surface area contributed by atoms with E-state index >= 15 is 0 Å². The van der Waals surface area contributed by atoms with E-state index in [0.717, 1.165) is 37.7 Å². The van der Waals surface area contributed by atoms with Crippen LogP contribution in [0.2, 0.25) is 0 Å². The molecular formula is C14H18BrF3N2. The molecule has 0 radical (unpaired) electrons. The summed E-state index contributed by atoms with van der Waals surface area (Å²) in [6.45, 7) is 1.73. The van der Waals surface area contributed by atoms with E-state index in [0.29, 0.717) is 10.5 Å². The minimum Gasteiger partial charge on any atom is -0.366 e. The lowest BCUT2D eigenvalue weighted by Crippen LogP contribution is -2.45. The van der Waals surface area contributed by atoms with E-state index in [4.69, 9.17) is 0 Å². The predicted molar refractivity (Wildman–Crippen MR) is 78.1 cm³/mol. The van der Waals surface area contributed by atoms with Crippen molar-refractivity contribution in [3.05, 3.63) is 28.2 Å². The lowest BCUT2D eigenvalue weighted by molar-refractivity contribution is -0.137. The normalized spacial score (nSPS) is 20.2. The SMILES string of the molecule is CNCC1CCCCN1c1ccc(C(F)(F)F)cc1Br. The predicted octanol–water partition coefficient (Wildman–Crippen LogP) is 4.05. The minimum absolute atomic E-state index is 0.335. The zero-order valence-electron chi connectivity index (χ0n) is 11.3. The molecule has 2 rings (SSSR count). The lowest BCUT2D eigenvalue weighted by Gasteiger charge is -2.38. The van der Waals surface area contributed by atoms with Crippen LogP contribution >= 0.6 is 15.9 Å². The van der Waals surface area contributed by atoms with E-state index < -0.39 is 11.7 Å². The van der Waals surface area contributed by atoms with Crippen LogP contribution < -0.4 is 10.2 Å². The second-order valence-electron chi connectivity index (χ2n) is 5.06. The molecule has 1 aliphatic rings. The highest BCUT2D eigenvalue weighted by Gasteiger charge is 2.32. The van der Waals surface area contributed by atoms with Crippen LogP contribution in [-0.2, 0) is 6.18 Å². The van der Waals surface area contributed by atoms with Gasteiger partial charge in [0.05, 0.1) is 11.3 Å². The number of nitrogens with one attached hydrogen (secondary N) is 1. The van der Waals surface area contributed by atoms with Crippen molar-refractivity contribution in [3.63, 3.8) is 0 Å². The van der Waals surface area contributed by atoms with Crippen molar-refractivity contribution in [1.29, 1.82) is 0 Å². The minimum atomic E-state index is -4.30. The third-order valence-electron chi connectivity index (χ3n) is 3.65. The molecule has 1 N–H and O–H groups in total. The number of hydrogen-bond donors (Lipinski definition) is 1. The van der Waals surface area contributed by atoms with Crippen molar-refractivity contribution in [2.45, 2.75) is 31.5 Å². The van der Waals surface area contributed by atoms with E-state index in [1.807, 2.05) is 7.05 Å². The largest absolute Gasteiger partial charge is 0.416 e. The third-order valence-corrected chi connectivity index (χ3v) is 4.29. The van der Waals surface area contributed by atoms with Gasteiger partial charge in [-0.2, -0.15) is 13.2 Å². The number of likely N-dealkylation sites (N-methyl/N-ethyl adjacent to an activating group) is 1. The van der Waals surface area contributed by atoms with E-state index in [1.54, 1.807) is 6.07 Å². The van der Waals surface area contributed by atoms with Crippen molar-refractivity contribution in [3.8, 4) is 0 Å². The van der Waals surface area contributed by atoms with Gasteiger partial charge in [-0.15, -0.1) is 0 Å². The first-order valence-corrected chi connectivity index (χ1v) is 7.51. The summed E-state index contributed by atoms with van der Waals surface area (Å²) in [4.78, 5) is 2.20. The van der Waals surface area contributed by atoms with Gasteiger partial charge in [0.15, 0.2) is 0 Å². The van der Waals surface area contributed by atoms with Gasteiger partial charge >= 0.3 is 6.18 Å². The maximum Gasteiger partial charge on any atom is 0.416 e. The van der Waals surface area contributed by atoms with Crippen molar-refractivity contribution >= 4 is 21.6 Å². The number of rotatable bonds is 3. The molecule has 0 bridgehead atoms. The Morgan fingerprint density at radius 2 is 2.10 bits per heavy atom. The summed E-state index contributed by atoms with van der Waals surface area (Å²) in [5, 5.41) is 3.16. The van der Waals surface area contributed by atoms with Gasteiger partial charge in [-0.25, -0.2) is 0 Å². The maximum absolute atomic E-state index is 12.7. The zero-order valence-corrected chi connectivity index (χ0v) is 12.9. The first-order chi connectivity index (χ1) is 9.43. The van der Waals surface area contributed by atoms with Crippen LogP contribution in [0.1, 0.15) is 24.8 Å². The Balaban J connectivity index is 2.27. The van der Waals surface area contributed by atoms with E-state index in [2.05, 4.69) is 26.1 Å². The molecular weight excluding hydrogens is 333 g/mol. The second-order valence-corrected chi connectivity index (χ2v) is 5.92. The molecule has 1 unspecified atom stereocenters. The Morgan fingerprint density at radius 3 is 2.70 bits per heavy atom. The van der Waals surface area contributed by atoms with E-state index in [1.165, 1.54) is 12.5 Å². The highest BCUT2D eigenvalue weighted by Crippen LogP contribution is 2.37. The average Bonchev–Trinajstić information content (AvgIpc) is 2.39. The van der Waals surface area contributed by atoms with Crippen LogP contribution in [0.25, 0.3) is 0 Å². The summed E-state index contributed by atoms with van der Waals surface area (Å²) in [6.07, 6.45) is -0.990. The summed E-state index contributed by atoms with van der Waals surface area (Å²) < 4.78 is 38.6. The first-order valence-electron chi connectivity index (χ1n) is 6.71. The second kappa shape index (κ2) is 6.35. The molecule has 2 nitrogen and oxygen atoms in total. The van der Waals surface area contributed by atoms with Crippen LogP contribution in [0.15, 0.2) is 22.7 Å². The molecule has 1 saturated heterocycles. The fourth-order valence-electron chi connectivity index (χ4n) is 2.68. The summed E-state index contributed by atoms with van der Waals surface area (Å²) in [5.41, 5.74) is 0.230. The number of hydrogen-bond acceptors (Lipinski definition) is 2. The summed E-state index contributed by atoms with van der Waals surface area (Å²) in [6, 6.07) is 4.23. The standard InChI is InChI=1S/C14H18BrF3N2/c1-19-9-11-4-2-3-7-20(11)13-6-5-10(8-12(13)15)14(16,17)18/h5-6,8,11,19H,2-4,7,9H2,1H3. The van der Waals surface area contributed by atoms with Gasteiger partial charge in [0.2, 0.25) is 0 Å². The highest BCUT2D eigenvalue weighted by molar-refractivity contribution is 9.10. The van der Waals surface area contributed by atoms with Crippen LogP contribution in [0.4, 0.5) is 18.9 Å². The molecule has 1 atom stereocenters. The average molecular weight is 351 g/mol. The van der Waals surface area contributed by atoms with Crippen molar-refractivity contribution in [1.82, 2.24) is 5.32 Å². The number of alkyl halides is 3. The number of piperidine rings is 1. The molecule has 1 aromatic carbocycles. The van der Waals surface area contributed by atoms with Gasteiger partial charge in [0, 0.05) is 23.6 Å². The molecule has 1 fully saturated rings. The number of halogens is 4. The fourth-order valence-corrected chi connectivity index (χ4v) is 3.29. The molecule has 112 valence electrons. The molecule has 20 heavy (non-hydrogen) atoms. The van der Waals surface area contributed by atoms with Gasteiger partial charge < -0.3 is 10.2 Å². The van der Waals surface area contributed by atoms with Crippen LogP contribution in [0, 0.1) is 0 Å². The zero-order chi connectivity index (χ0) is 14.8. The molecule has 0 aliphatic carbocycles. The van der Waals surface area contributed by atoms with Gasteiger partial charge in [-0.3, -0.25) is 0 Å². The molecule has 6 heteroatoms. The Labute approximate surface area is 125 Å². The lowest BCUT2D eigenvalue weighted by atomic mass is 10.0. The number of benzene rings is 1. The van der Waals surface area contributed by atoms with Gasteiger partial charge in [0.25, 0.3) is 0 Å². The Hall–Kier alpha value is -0.750. The monoisotopic (exact) mass is 350 g/mol. The van der Waals surface area contributed by atoms with Gasteiger partial charge in [-0.1, -0.05) is 0 Å². The van der Waals surface area contributed by atoms with Crippen LogP contribution in [0.5, 0.6) is 0 Å². The smallest absolute Gasteiger partial charge is 0.366 e. The summed E-state index contributed by atoms with van der Waals surface area (Å²) in [5.74, 6) is 0. The van der Waals surface area contributed by atoms with Gasteiger partial charge in [-0.05, 0) is 60.4 Å². The quantitative estimate of drug-likeness (QED) is 0.884. The van der Waals surface area contributed by atoms with Crippen molar-refractivity contribution in [2.24, 2.45) is 0 Å². The molecule has 0 aromatic heterocycles. The highest BCUT2D eigenvalue weighted by atomic mass is 79.9. The number of anilines is 1. The molecule has 1 heterocycles. The maximum atomic E-state index is 12.7. The Kier molecular flexibility index (Phi) is 4.96. The first kappa shape index (κ1) is 15.6. The van der Waals surface area contributed by atoms with E-state index in [9.17, 15) is 13.2 Å². The Morgan fingerprint density at radius 1 is 1.35 bits per heavy atom. The summed E-state index contributed by atoms with van der Waals surface area (Å²) >= 11 is 3.29. The molecule has 1 aromatic rings. The topological polar surface area (TPSA) is 15.3 Å². The summed E-state index contributed by atoms with van der Waals surface area (Å²) in [7, 11) is 1.90. The van der Waals surface area contributed by atoms with E-state index in [-0.39, 0.29) is 0 Å². The molecule has 0 spiro atoms. The number of nitrogens with zero attached hydrogens (tertiary/aromatic N) is 1. The Bertz CT molecular complexity index is 460. The van der Waals surface area contributed by atoms with Crippen molar-refractivity contribution < 1.29 is 13.2 Å². The van der Waals surface area contributed by atoms with Crippen LogP contribution in [0.3, 0.4) is 0 Å². The van der Waals surface area contributed by atoms with Crippen molar-refractivity contribution in [2.75, 3.05) is 25.0 Å². The fraction of sp³-hybridized carbons (Fsp3) is 0.571. The molecule has 0 amide bonds.